The average molecular weight is 258 g/mol. The third-order valence-electron chi connectivity index (χ3n) is 2.64. The molecule has 0 fully saturated rings. The fourth-order valence-electron chi connectivity index (χ4n) is 1.88. The van der Waals surface area contributed by atoms with Gasteiger partial charge in [-0.05, 0) is 18.2 Å². The SMILES string of the molecule is Nc1cc(N)cc(-c2nc3[nH]c(=O)[nH]c(=O)c3[nH]2)c1. The van der Waals surface area contributed by atoms with E-state index < -0.39 is 11.2 Å². The molecule has 1 aromatic carbocycles. The zero-order chi connectivity index (χ0) is 13.6. The van der Waals surface area contributed by atoms with Gasteiger partial charge in [0, 0.05) is 16.9 Å². The van der Waals surface area contributed by atoms with Gasteiger partial charge in [0.1, 0.15) is 11.3 Å². The summed E-state index contributed by atoms with van der Waals surface area (Å²) >= 11 is 0. The van der Waals surface area contributed by atoms with E-state index in [1.807, 2.05) is 0 Å². The molecule has 3 rings (SSSR count). The number of hydrogen-bond acceptors (Lipinski definition) is 5. The second-order valence-corrected chi connectivity index (χ2v) is 4.11. The van der Waals surface area contributed by atoms with E-state index in [9.17, 15) is 9.59 Å². The molecule has 0 atom stereocenters. The number of benzene rings is 1. The summed E-state index contributed by atoms with van der Waals surface area (Å²) < 4.78 is 0. The van der Waals surface area contributed by atoms with Crippen LogP contribution in [0.1, 0.15) is 0 Å². The van der Waals surface area contributed by atoms with E-state index in [0.717, 1.165) is 0 Å². The Morgan fingerprint density at radius 2 is 1.63 bits per heavy atom. The van der Waals surface area contributed by atoms with Gasteiger partial charge in [-0.3, -0.25) is 14.8 Å². The van der Waals surface area contributed by atoms with Crippen molar-refractivity contribution in [3.63, 3.8) is 0 Å². The molecule has 8 nitrogen and oxygen atoms in total. The number of rotatable bonds is 1. The smallest absolute Gasteiger partial charge is 0.327 e. The maximum Gasteiger partial charge on any atom is 0.327 e. The highest BCUT2D eigenvalue weighted by Crippen LogP contribution is 2.23. The summed E-state index contributed by atoms with van der Waals surface area (Å²) in [7, 11) is 0. The van der Waals surface area contributed by atoms with E-state index in [1.165, 1.54) is 0 Å². The number of H-pyrrole nitrogens is 3. The van der Waals surface area contributed by atoms with E-state index in [2.05, 4.69) is 19.9 Å². The number of nitrogens with two attached hydrogens (primary N) is 2. The first-order valence-electron chi connectivity index (χ1n) is 5.41. The van der Waals surface area contributed by atoms with Gasteiger partial charge < -0.3 is 16.5 Å². The minimum Gasteiger partial charge on any atom is -0.399 e. The van der Waals surface area contributed by atoms with Crippen molar-refractivity contribution >= 4 is 22.5 Å². The van der Waals surface area contributed by atoms with Gasteiger partial charge in [0.2, 0.25) is 0 Å². The molecule has 2 aromatic heterocycles. The molecule has 96 valence electrons. The fourth-order valence-corrected chi connectivity index (χ4v) is 1.88. The molecule has 0 saturated heterocycles. The van der Waals surface area contributed by atoms with Crippen molar-refractivity contribution in [2.75, 3.05) is 11.5 Å². The molecule has 3 aromatic rings. The summed E-state index contributed by atoms with van der Waals surface area (Å²) in [5.74, 6) is 0.404. The van der Waals surface area contributed by atoms with Crippen molar-refractivity contribution in [2.24, 2.45) is 0 Å². The monoisotopic (exact) mass is 258 g/mol. The molecule has 0 radical (unpaired) electrons. The van der Waals surface area contributed by atoms with Crippen molar-refractivity contribution in [3.05, 3.63) is 39.0 Å². The minimum atomic E-state index is -0.609. The molecule has 0 unspecified atom stereocenters. The third-order valence-corrected chi connectivity index (χ3v) is 2.64. The number of anilines is 2. The molecular weight excluding hydrogens is 248 g/mol. The number of nitrogen functional groups attached to an aromatic ring is 2. The number of fused-ring (bicyclic) bond motifs is 1. The van der Waals surface area contributed by atoms with Crippen LogP contribution < -0.4 is 22.7 Å². The highest BCUT2D eigenvalue weighted by atomic mass is 16.2. The molecule has 7 N–H and O–H groups in total. The Labute approximate surface area is 105 Å². The number of aromatic amines is 3. The van der Waals surface area contributed by atoms with Gasteiger partial charge in [-0.2, -0.15) is 0 Å². The van der Waals surface area contributed by atoms with Gasteiger partial charge in [-0.1, -0.05) is 0 Å². The molecule has 0 saturated carbocycles. The van der Waals surface area contributed by atoms with Gasteiger partial charge in [-0.15, -0.1) is 0 Å². The topological polar surface area (TPSA) is 146 Å². The molecule has 2 heterocycles. The lowest BCUT2D eigenvalue weighted by Crippen LogP contribution is -2.21. The first kappa shape index (κ1) is 11.1. The molecule has 19 heavy (non-hydrogen) atoms. The molecule has 0 aliphatic carbocycles. The van der Waals surface area contributed by atoms with Crippen LogP contribution in [0.5, 0.6) is 0 Å². The zero-order valence-electron chi connectivity index (χ0n) is 9.65. The van der Waals surface area contributed by atoms with Crippen molar-refractivity contribution in [2.45, 2.75) is 0 Å². The Hall–Kier alpha value is -3.03. The number of aromatic nitrogens is 4. The van der Waals surface area contributed by atoms with Crippen LogP contribution >= 0.6 is 0 Å². The van der Waals surface area contributed by atoms with Crippen molar-refractivity contribution in [1.82, 2.24) is 19.9 Å². The minimum absolute atomic E-state index is 0.185. The summed E-state index contributed by atoms with van der Waals surface area (Å²) in [6.45, 7) is 0. The van der Waals surface area contributed by atoms with Gasteiger partial charge in [0.25, 0.3) is 5.56 Å². The van der Waals surface area contributed by atoms with Crippen LogP contribution in [-0.4, -0.2) is 19.9 Å². The Balaban J connectivity index is 2.29. The van der Waals surface area contributed by atoms with Crippen LogP contribution in [0.25, 0.3) is 22.6 Å². The van der Waals surface area contributed by atoms with Crippen LogP contribution in [0.15, 0.2) is 27.8 Å². The maximum atomic E-state index is 11.6. The quantitative estimate of drug-likeness (QED) is 0.382. The zero-order valence-corrected chi connectivity index (χ0v) is 9.65. The Morgan fingerprint density at radius 3 is 2.32 bits per heavy atom. The van der Waals surface area contributed by atoms with Gasteiger partial charge in [0.15, 0.2) is 5.65 Å². The Bertz CT molecular complexity index is 868. The lowest BCUT2D eigenvalue weighted by molar-refractivity contribution is 1.07. The number of nitrogens with zero attached hydrogens (tertiary/aromatic N) is 1. The second-order valence-electron chi connectivity index (χ2n) is 4.11. The van der Waals surface area contributed by atoms with E-state index in [1.54, 1.807) is 18.2 Å². The largest absolute Gasteiger partial charge is 0.399 e. The number of hydrogen-bond donors (Lipinski definition) is 5. The van der Waals surface area contributed by atoms with E-state index in [0.29, 0.717) is 22.8 Å². The summed E-state index contributed by atoms with van der Waals surface area (Å²) in [5.41, 5.74) is 12.2. The van der Waals surface area contributed by atoms with Gasteiger partial charge >= 0.3 is 5.69 Å². The molecule has 0 amide bonds. The van der Waals surface area contributed by atoms with Crippen LogP contribution in [-0.2, 0) is 0 Å². The highest BCUT2D eigenvalue weighted by molar-refractivity contribution is 5.77. The molecule has 0 spiro atoms. The molecule has 0 aliphatic rings. The van der Waals surface area contributed by atoms with Crippen LogP contribution in [0.3, 0.4) is 0 Å². The Kier molecular flexibility index (Phi) is 2.18. The standard InChI is InChI=1S/C11H10N6O2/c12-5-1-4(2-6(13)3-5)8-14-7-9(15-8)16-11(19)17-10(7)18/h1-3H,12-13H2,(H3,14,15,16,17,18,19). The summed E-state index contributed by atoms with van der Waals surface area (Å²) in [6.07, 6.45) is 0. The van der Waals surface area contributed by atoms with Crippen molar-refractivity contribution < 1.29 is 0 Å². The summed E-state index contributed by atoms with van der Waals surface area (Å²) in [6, 6.07) is 4.95. The van der Waals surface area contributed by atoms with E-state index in [4.69, 9.17) is 11.5 Å². The summed E-state index contributed by atoms with van der Waals surface area (Å²) in [5, 5.41) is 0. The summed E-state index contributed by atoms with van der Waals surface area (Å²) in [4.78, 5) is 34.3. The predicted molar refractivity (Wildman–Crippen MR) is 71.6 cm³/mol. The van der Waals surface area contributed by atoms with Gasteiger partial charge in [-0.25, -0.2) is 9.78 Å². The predicted octanol–water partition coefficient (Wildman–Crippen LogP) is -0.229. The van der Waals surface area contributed by atoms with Crippen LogP contribution in [0.4, 0.5) is 11.4 Å². The first-order valence-corrected chi connectivity index (χ1v) is 5.41. The maximum absolute atomic E-state index is 11.6. The van der Waals surface area contributed by atoms with Crippen molar-refractivity contribution in [1.29, 1.82) is 0 Å². The fraction of sp³-hybridized carbons (Fsp3) is 0. The van der Waals surface area contributed by atoms with Crippen molar-refractivity contribution in [3.8, 4) is 11.4 Å². The first-order chi connectivity index (χ1) is 9.02. The molecular formula is C11H10N6O2. The molecule has 0 aliphatic heterocycles. The normalized spacial score (nSPS) is 10.9. The third kappa shape index (κ3) is 1.84. The average Bonchev–Trinajstić information content (AvgIpc) is 2.71. The number of nitrogens with one attached hydrogen (secondary N) is 3. The van der Waals surface area contributed by atoms with E-state index >= 15 is 0 Å². The lowest BCUT2D eigenvalue weighted by Gasteiger charge is -2.01. The Morgan fingerprint density at radius 1 is 0.947 bits per heavy atom. The lowest BCUT2D eigenvalue weighted by atomic mass is 10.1. The second kappa shape index (κ2) is 3.73. The number of imidazole rings is 1. The van der Waals surface area contributed by atoms with Crippen LogP contribution in [0.2, 0.25) is 0 Å². The molecule has 8 heteroatoms. The highest BCUT2D eigenvalue weighted by Gasteiger charge is 2.10. The van der Waals surface area contributed by atoms with Gasteiger partial charge in [0.05, 0.1) is 0 Å². The molecule has 0 bridgehead atoms. The van der Waals surface area contributed by atoms with Crippen LogP contribution in [0, 0.1) is 0 Å². The van der Waals surface area contributed by atoms with E-state index in [-0.39, 0.29) is 11.2 Å².